The van der Waals surface area contributed by atoms with Gasteiger partial charge in [0.1, 0.15) is 5.75 Å². The number of methoxy groups -OCH3 is 1. The number of carbonyl (C=O) groups is 1. The molecule has 2 aromatic rings. The van der Waals surface area contributed by atoms with Crippen LogP contribution in [0.2, 0.25) is 0 Å². The van der Waals surface area contributed by atoms with Crippen LogP contribution in [0, 0.1) is 0 Å². The Labute approximate surface area is 173 Å². The summed E-state index contributed by atoms with van der Waals surface area (Å²) in [5, 5.41) is 6.19. The second-order valence-corrected chi connectivity index (χ2v) is 6.70. The molecular weight excluding hydrogens is 362 g/mol. The molecule has 5 heteroatoms. The lowest BCUT2D eigenvalue weighted by atomic mass is 9.99. The SMILES string of the molecule is CCCC/C(=C\C=C\C(=O)NCCCNc1cccnc1)c1ccc(OC)cc1. The molecule has 29 heavy (non-hydrogen) atoms. The van der Waals surface area contributed by atoms with Gasteiger partial charge in [-0.25, -0.2) is 0 Å². The van der Waals surface area contributed by atoms with Crippen molar-refractivity contribution in [3.63, 3.8) is 0 Å². The van der Waals surface area contributed by atoms with E-state index < -0.39 is 0 Å². The molecule has 0 atom stereocenters. The van der Waals surface area contributed by atoms with Gasteiger partial charge in [-0.15, -0.1) is 0 Å². The Hall–Kier alpha value is -3.08. The molecule has 0 spiro atoms. The average molecular weight is 394 g/mol. The number of carbonyl (C=O) groups excluding carboxylic acids is 1. The van der Waals surface area contributed by atoms with E-state index in [1.54, 1.807) is 25.6 Å². The van der Waals surface area contributed by atoms with Crippen LogP contribution in [0.4, 0.5) is 5.69 Å². The summed E-state index contributed by atoms with van der Waals surface area (Å²) in [5.41, 5.74) is 3.37. The molecule has 0 unspecified atom stereocenters. The van der Waals surface area contributed by atoms with E-state index >= 15 is 0 Å². The summed E-state index contributed by atoms with van der Waals surface area (Å²) in [4.78, 5) is 16.1. The van der Waals surface area contributed by atoms with E-state index in [4.69, 9.17) is 4.74 Å². The maximum Gasteiger partial charge on any atom is 0.243 e. The molecule has 0 aliphatic carbocycles. The van der Waals surface area contributed by atoms with Gasteiger partial charge in [-0.05, 0) is 54.7 Å². The minimum absolute atomic E-state index is 0.0767. The van der Waals surface area contributed by atoms with Crippen molar-refractivity contribution in [2.45, 2.75) is 32.6 Å². The number of benzene rings is 1. The van der Waals surface area contributed by atoms with Crippen LogP contribution in [0.3, 0.4) is 0 Å². The number of aromatic nitrogens is 1. The number of nitrogens with one attached hydrogen (secondary N) is 2. The molecule has 0 saturated carbocycles. The highest BCUT2D eigenvalue weighted by molar-refractivity contribution is 5.88. The molecule has 0 aliphatic rings. The fourth-order valence-corrected chi connectivity index (χ4v) is 2.81. The van der Waals surface area contributed by atoms with Crippen molar-refractivity contribution in [3.05, 3.63) is 72.6 Å². The molecule has 0 radical (unpaired) electrons. The lowest BCUT2D eigenvalue weighted by molar-refractivity contribution is -0.116. The second kappa shape index (κ2) is 13.2. The van der Waals surface area contributed by atoms with E-state index in [0.29, 0.717) is 6.54 Å². The van der Waals surface area contributed by atoms with Gasteiger partial charge in [0.25, 0.3) is 0 Å². The number of unbranched alkanes of at least 4 members (excludes halogenated alkanes) is 1. The van der Waals surface area contributed by atoms with Gasteiger partial charge in [0.15, 0.2) is 0 Å². The number of nitrogens with zero attached hydrogens (tertiary/aromatic N) is 1. The zero-order valence-electron chi connectivity index (χ0n) is 17.4. The van der Waals surface area contributed by atoms with Crippen LogP contribution in [0.5, 0.6) is 5.75 Å². The molecule has 1 heterocycles. The largest absolute Gasteiger partial charge is 0.497 e. The van der Waals surface area contributed by atoms with E-state index in [2.05, 4.69) is 34.7 Å². The predicted molar refractivity (Wildman–Crippen MR) is 120 cm³/mol. The van der Waals surface area contributed by atoms with Crippen LogP contribution in [-0.2, 0) is 4.79 Å². The van der Waals surface area contributed by atoms with Gasteiger partial charge in [0.05, 0.1) is 12.8 Å². The number of allylic oxidation sites excluding steroid dienone is 3. The van der Waals surface area contributed by atoms with Crippen molar-refractivity contribution >= 4 is 17.2 Å². The summed E-state index contributed by atoms with van der Waals surface area (Å²) in [6.07, 6.45) is 13.0. The lowest BCUT2D eigenvalue weighted by Gasteiger charge is -2.08. The number of anilines is 1. The third kappa shape index (κ3) is 8.64. The first-order valence-electron chi connectivity index (χ1n) is 10.2. The monoisotopic (exact) mass is 393 g/mol. The highest BCUT2D eigenvalue weighted by atomic mass is 16.5. The number of amides is 1. The summed E-state index contributed by atoms with van der Waals surface area (Å²) in [5.74, 6) is 0.767. The maximum atomic E-state index is 12.0. The molecule has 0 fully saturated rings. The summed E-state index contributed by atoms with van der Waals surface area (Å²) >= 11 is 0. The first-order chi connectivity index (χ1) is 14.2. The molecule has 1 aromatic heterocycles. The quantitative estimate of drug-likeness (QED) is 0.308. The molecule has 5 nitrogen and oxygen atoms in total. The molecule has 2 rings (SSSR count). The Kier molecular flexibility index (Phi) is 10.1. The number of hydrogen-bond acceptors (Lipinski definition) is 4. The summed E-state index contributed by atoms with van der Waals surface area (Å²) in [7, 11) is 1.67. The fourth-order valence-electron chi connectivity index (χ4n) is 2.81. The second-order valence-electron chi connectivity index (χ2n) is 6.70. The van der Waals surface area contributed by atoms with E-state index in [0.717, 1.165) is 49.2 Å². The van der Waals surface area contributed by atoms with Gasteiger partial charge in [-0.3, -0.25) is 9.78 Å². The molecular formula is C24H31N3O2. The summed E-state index contributed by atoms with van der Waals surface area (Å²) in [6, 6.07) is 11.9. The van der Waals surface area contributed by atoms with Crippen LogP contribution in [0.1, 0.15) is 38.2 Å². The Morgan fingerprint density at radius 1 is 1.14 bits per heavy atom. The molecule has 0 saturated heterocycles. The smallest absolute Gasteiger partial charge is 0.243 e. The average Bonchev–Trinajstić information content (AvgIpc) is 2.76. The van der Waals surface area contributed by atoms with Crippen molar-refractivity contribution in [2.24, 2.45) is 0 Å². The minimum Gasteiger partial charge on any atom is -0.497 e. The van der Waals surface area contributed by atoms with Gasteiger partial charge in [0.2, 0.25) is 5.91 Å². The number of ether oxygens (including phenoxy) is 1. The summed E-state index contributed by atoms with van der Waals surface area (Å²) < 4.78 is 5.23. The van der Waals surface area contributed by atoms with Crippen molar-refractivity contribution in [1.29, 1.82) is 0 Å². The summed E-state index contributed by atoms with van der Waals surface area (Å²) in [6.45, 7) is 3.59. The van der Waals surface area contributed by atoms with Gasteiger partial charge < -0.3 is 15.4 Å². The topological polar surface area (TPSA) is 63.2 Å². The van der Waals surface area contributed by atoms with Crippen LogP contribution < -0.4 is 15.4 Å². The van der Waals surface area contributed by atoms with Crippen LogP contribution >= 0.6 is 0 Å². The van der Waals surface area contributed by atoms with Crippen molar-refractivity contribution in [1.82, 2.24) is 10.3 Å². The van der Waals surface area contributed by atoms with Gasteiger partial charge in [-0.2, -0.15) is 0 Å². The predicted octanol–water partition coefficient (Wildman–Crippen LogP) is 4.84. The maximum absolute atomic E-state index is 12.0. The van der Waals surface area contributed by atoms with Gasteiger partial charge >= 0.3 is 0 Å². The molecule has 0 bridgehead atoms. The Morgan fingerprint density at radius 3 is 2.66 bits per heavy atom. The number of pyridine rings is 1. The fraction of sp³-hybridized carbons (Fsp3) is 0.333. The van der Waals surface area contributed by atoms with E-state index in [1.807, 2.05) is 36.4 Å². The molecule has 1 aromatic carbocycles. The zero-order chi connectivity index (χ0) is 20.7. The van der Waals surface area contributed by atoms with Crippen LogP contribution in [-0.4, -0.2) is 31.1 Å². The molecule has 0 aliphatic heterocycles. The molecule has 2 N–H and O–H groups in total. The number of rotatable bonds is 12. The standard InChI is InChI=1S/C24H31N3O2/c1-3-4-8-20(21-12-14-23(29-2)15-13-21)9-5-11-24(28)27-18-7-17-26-22-10-6-16-25-19-22/h5-6,9-16,19,26H,3-4,7-8,17-18H2,1-2H3,(H,27,28)/b11-5+,20-9+. The van der Waals surface area contributed by atoms with Gasteiger partial charge in [0, 0.05) is 31.6 Å². The zero-order valence-corrected chi connectivity index (χ0v) is 17.4. The van der Waals surface area contributed by atoms with E-state index in [-0.39, 0.29) is 5.91 Å². The van der Waals surface area contributed by atoms with Crippen LogP contribution in [0.25, 0.3) is 5.57 Å². The van der Waals surface area contributed by atoms with Gasteiger partial charge in [-0.1, -0.05) is 37.6 Å². The number of hydrogen-bond donors (Lipinski definition) is 2. The van der Waals surface area contributed by atoms with Crippen LogP contribution in [0.15, 0.2) is 67.0 Å². The highest BCUT2D eigenvalue weighted by Crippen LogP contribution is 2.23. The highest BCUT2D eigenvalue weighted by Gasteiger charge is 2.02. The lowest BCUT2D eigenvalue weighted by Crippen LogP contribution is -2.23. The minimum atomic E-state index is -0.0767. The Morgan fingerprint density at radius 2 is 1.97 bits per heavy atom. The first-order valence-corrected chi connectivity index (χ1v) is 10.2. The third-order valence-corrected chi connectivity index (χ3v) is 4.45. The van der Waals surface area contributed by atoms with E-state index in [1.165, 1.54) is 5.57 Å². The van der Waals surface area contributed by atoms with Crippen molar-refractivity contribution in [3.8, 4) is 5.75 Å². The Balaban J connectivity index is 1.79. The molecule has 154 valence electrons. The molecule has 1 amide bonds. The van der Waals surface area contributed by atoms with Crippen molar-refractivity contribution in [2.75, 3.05) is 25.5 Å². The normalized spacial score (nSPS) is 11.4. The third-order valence-electron chi connectivity index (χ3n) is 4.45. The first kappa shape index (κ1) is 22.2. The Bertz CT molecular complexity index is 784. The van der Waals surface area contributed by atoms with Crippen molar-refractivity contribution < 1.29 is 9.53 Å². The van der Waals surface area contributed by atoms with E-state index in [9.17, 15) is 4.79 Å².